The minimum atomic E-state index is -5.05. The van der Waals surface area contributed by atoms with E-state index in [0.717, 1.165) is 43.6 Å². The summed E-state index contributed by atoms with van der Waals surface area (Å²) in [4.78, 5) is 31.0. The van der Waals surface area contributed by atoms with Crippen molar-refractivity contribution in [3.8, 4) is 0 Å². The zero-order valence-electron chi connectivity index (χ0n) is 22.7. The molecule has 218 valence electrons. The van der Waals surface area contributed by atoms with Crippen molar-refractivity contribution in [3.05, 3.63) is 58.7 Å². The number of anilines is 2. The van der Waals surface area contributed by atoms with Gasteiger partial charge in [0.1, 0.15) is 0 Å². The third-order valence-corrected chi connectivity index (χ3v) is 8.10. The molecule has 1 N–H and O–H groups in total. The summed E-state index contributed by atoms with van der Waals surface area (Å²) in [7, 11) is 0. The molecule has 0 spiro atoms. The number of likely N-dealkylation sites (tertiary alicyclic amines) is 1. The highest BCUT2D eigenvalue weighted by atomic mass is 19.4. The van der Waals surface area contributed by atoms with Crippen LogP contribution in [-0.2, 0) is 28.4 Å². The van der Waals surface area contributed by atoms with E-state index in [1.165, 1.54) is 0 Å². The van der Waals surface area contributed by atoms with Crippen LogP contribution in [0.1, 0.15) is 55.4 Å². The van der Waals surface area contributed by atoms with E-state index in [9.17, 15) is 35.9 Å². The van der Waals surface area contributed by atoms with E-state index < -0.39 is 46.4 Å². The molecule has 1 atom stereocenters. The van der Waals surface area contributed by atoms with E-state index in [4.69, 9.17) is 0 Å². The summed E-state index contributed by atoms with van der Waals surface area (Å²) in [5.41, 5.74) is -2.53. The van der Waals surface area contributed by atoms with Crippen LogP contribution in [0.2, 0.25) is 0 Å². The molecule has 0 bridgehead atoms. The third-order valence-electron chi connectivity index (χ3n) is 8.10. The topological polar surface area (TPSA) is 52.6 Å². The van der Waals surface area contributed by atoms with Crippen LogP contribution in [0.4, 0.5) is 37.7 Å². The van der Waals surface area contributed by atoms with Crippen LogP contribution in [-0.4, -0.2) is 42.9 Å². The summed E-state index contributed by atoms with van der Waals surface area (Å²) in [6.07, 6.45) is -7.32. The Morgan fingerprint density at radius 1 is 1.00 bits per heavy atom. The quantitative estimate of drug-likeness (QED) is 0.378. The van der Waals surface area contributed by atoms with Crippen LogP contribution in [0, 0.1) is 18.3 Å². The van der Waals surface area contributed by atoms with E-state index in [2.05, 4.69) is 10.2 Å². The average Bonchev–Trinajstić information content (AvgIpc) is 3.50. The number of carbonyl (C=O) groups excluding carboxylic acids is 2. The molecule has 5 nitrogen and oxygen atoms in total. The number of nitrogens with zero attached hydrogens (tertiary/aromatic N) is 2. The lowest BCUT2D eigenvalue weighted by molar-refractivity contribution is -0.143. The highest BCUT2D eigenvalue weighted by Gasteiger charge is 2.52. The van der Waals surface area contributed by atoms with Crippen LogP contribution in [0.25, 0.3) is 0 Å². The van der Waals surface area contributed by atoms with Crippen molar-refractivity contribution in [2.45, 2.75) is 58.8 Å². The molecule has 4 rings (SSSR count). The summed E-state index contributed by atoms with van der Waals surface area (Å²) in [5, 5.41) is 2.29. The number of alkyl halides is 6. The average molecular weight is 570 g/mol. The highest BCUT2D eigenvalue weighted by Crippen LogP contribution is 2.44. The van der Waals surface area contributed by atoms with Crippen molar-refractivity contribution in [3.63, 3.8) is 0 Å². The largest absolute Gasteiger partial charge is 0.416 e. The molecule has 11 heteroatoms. The Bertz CT molecular complexity index is 1240. The predicted molar refractivity (Wildman–Crippen MR) is 140 cm³/mol. The van der Waals surface area contributed by atoms with Crippen LogP contribution in [0.15, 0.2) is 36.4 Å². The maximum Gasteiger partial charge on any atom is 0.416 e. The zero-order valence-corrected chi connectivity index (χ0v) is 22.7. The number of rotatable bonds is 7. The van der Waals surface area contributed by atoms with Gasteiger partial charge >= 0.3 is 12.4 Å². The molecule has 2 aliphatic rings. The lowest BCUT2D eigenvalue weighted by Gasteiger charge is -2.32. The monoisotopic (exact) mass is 569 g/mol. The van der Waals surface area contributed by atoms with Crippen molar-refractivity contribution in [1.29, 1.82) is 0 Å². The Labute approximate surface area is 229 Å². The van der Waals surface area contributed by atoms with Gasteiger partial charge in [0.25, 0.3) is 0 Å². The Morgan fingerprint density at radius 2 is 1.60 bits per heavy atom. The number of nitrogens with one attached hydrogen (secondary N) is 1. The number of aryl methyl sites for hydroxylation is 1. The summed E-state index contributed by atoms with van der Waals surface area (Å²) < 4.78 is 80.2. The number of benzene rings is 2. The molecule has 2 fully saturated rings. The SMILES string of the molecule is Cc1cccc(CCN2CCCC2)c1N1CC(C(=O)Nc2cc(C(F)(F)F)cc(C(F)(F)F)c2)(C(C)C)CC1=O. The molecule has 2 amide bonds. The van der Waals surface area contributed by atoms with Crippen molar-refractivity contribution in [2.75, 3.05) is 36.4 Å². The number of para-hydroxylation sites is 1. The first kappa shape index (κ1) is 29.9. The van der Waals surface area contributed by atoms with Crippen molar-refractivity contribution in [1.82, 2.24) is 4.90 Å². The smallest absolute Gasteiger partial charge is 0.326 e. The lowest BCUT2D eigenvalue weighted by Crippen LogP contribution is -2.43. The molecule has 0 aromatic heterocycles. The van der Waals surface area contributed by atoms with Crippen LogP contribution >= 0.6 is 0 Å². The Kier molecular flexibility index (Phi) is 8.27. The number of hydrogen-bond acceptors (Lipinski definition) is 3. The molecule has 0 aliphatic carbocycles. The molecule has 2 heterocycles. The maximum absolute atomic E-state index is 13.6. The van der Waals surface area contributed by atoms with E-state index >= 15 is 0 Å². The molecule has 2 saturated heterocycles. The fraction of sp³-hybridized carbons (Fsp3) is 0.517. The fourth-order valence-electron chi connectivity index (χ4n) is 5.67. The van der Waals surface area contributed by atoms with Crippen molar-refractivity contribution in [2.24, 2.45) is 11.3 Å². The molecular formula is C29H33F6N3O2. The van der Waals surface area contributed by atoms with Gasteiger partial charge in [-0.05, 0) is 74.5 Å². The van der Waals surface area contributed by atoms with Crippen LogP contribution in [0.5, 0.6) is 0 Å². The number of amides is 2. The van der Waals surface area contributed by atoms with Gasteiger partial charge in [0.2, 0.25) is 11.8 Å². The van der Waals surface area contributed by atoms with Crippen LogP contribution in [0.3, 0.4) is 0 Å². The highest BCUT2D eigenvalue weighted by molar-refractivity contribution is 6.06. The maximum atomic E-state index is 13.6. The first-order chi connectivity index (χ1) is 18.6. The molecule has 0 saturated carbocycles. The first-order valence-electron chi connectivity index (χ1n) is 13.3. The van der Waals surface area contributed by atoms with Crippen molar-refractivity contribution < 1.29 is 35.9 Å². The van der Waals surface area contributed by atoms with Gasteiger partial charge in [-0.3, -0.25) is 9.59 Å². The fourth-order valence-corrected chi connectivity index (χ4v) is 5.67. The second-order valence-electron chi connectivity index (χ2n) is 11.1. The van der Waals surface area contributed by atoms with E-state index in [0.29, 0.717) is 24.2 Å². The second-order valence-corrected chi connectivity index (χ2v) is 11.1. The van der Waals surface area contributed by atoms with Gasteiger partial charge < -0.3 is 15.1 Å². The number of halogens is 6. The van der Waals surface area contributed by atoms with Gasteiger partial charge in [0, 0.05) is 30.9 Å². The zero-order chi connectivity index (χ0) is 29.5. The Hall–Kier alpha value is -3.08. The number of carbonyl (C=O) groups is 2. The minimum Gasteiger partial charge on any atom is -0.326 e. The summed E-state index contributed by atoms with van der Waals surface area (Å²) in [6.45, 7) is 8.13. The molecule has 1 unspecified atom stereocenters. The molecule has 2 aromatic rings. The Balaban J connectivity index is 1.64. The van der Waals surface area contributed by atoms with Gasteiger partial charge in [-0.1, -0.05) is 32.0 Å². The standard InChI is InChI=1S/C29H33F6N3O2/c1-18(2)27(26(40)36-23-14-21(28(30,31)32)13-22(15-23)29(33,34)35)16-24(39)38(17-27)25-19(3)7-6-8-20(25)9-12-37-10-4-5-11-37/h6-8,13-15,18H,4-5,9-12,16-17H2,1-3H3,(H,36,40). The van der Waals surface area contributed by atoms with Gasteiger partial charge in [-0.2, -0.15) is 26.3 Å². The third kappa shape index (κ3) is 6.14. The second kappa shape index (κ2) is 11.1. The van der Waals surface area contributed by atoms with Gasteiger partial charge in [-0.15, -0.1) is 0 Å². The molecule has 0 radical (unpaired) electrons. The van der Waals surface area contributed by atoms with Gasteiger partial charge in [0.15, 0.2) is 0 Å². The molecule has 2 aliphatic heterocycles. The molecule has 2 aromatic carbocycles. The summed E-state index contributed by atoms with van der Waals surface area (Å²) in [6, 6.07) is 6.70. The number of hydrogen-bond donors (Lipinski definition) is 1. The molecule has 40 heavy (non-hydrogen) atoms. The van der Waals surface area contributed by atoms with E-state index in [-0.39, 0.29) is 24.9 Å². The Morgan fingerprint density at radius 3 is 2.15 bits per heavy atom. The van der Waals surface area contributed by atoms with Gasteiger partial charge in [-0.25, -0.2) is 0 Å². The van der Waals surface area contributed by atoms with Crippen molar-refractivity contribution >= 4 is 23.2 Å². The minimum absolute atomic E-state index is 0.0105. The van der Waals surface area contributed by atoms with Gasteiger partial charge in [0.05, 0.1) is 16.5 Å². The lowest BCUT2D eigenvalue weighted by atomic mass is 9.75. The van der Waals surface area contributed by atoms with Crippen LogP contribution < -0.4 is 10.2 Å². The molecular weight excluding hydrogens is 536 g/mol. The summed E-state index contributed by atoms with van der Waals surface area (Å²) in [5.74, 6) is -1.55. The first-order valence-corrected chi connectivity index (χ1v) is 13.3. The normalized spacial score (nSPS) is 20.6. The van der Waals surface area contributed by atoms with E-state index in [1.807, 2.05) is 25.1 Å². The summed E-state index contributed by atoms with van der Waals surface area (Å²) >= 11 is 0. The predicted octanol–water partition coefficient (Wildman–Crippen LogP) is 6.69. The van der Waals surface area contributed by atoms with E-state index in [1.54, 1.807) is 18.7 Å².